The minimum atomic E-state index is -5.11. The van der Waals surface area contributed by atoms with Crippen LogP contribution in [0.25, 0.3) is 16.9 Å². The van der Waals surface area contributed by atoms with Gasteiger partial charge in [-0.1, -0.05) is 0 Å². The zero-order chi connectivity index (χ0) is 23.2. The lowest BCUT2D eigenvalue weighted by molar-refractivity contribution is -0.252. The lowest BCUT2D eigenvalue weighted by Gasteiger charge is -2.25. The molecule has 0 bridgehead atoms. The summed E-state index contributed by atoms with van der Waals surface area (Å²) in [6, 6.07) is 5.88. The summed E-state index contributed by atoms with van der Waals surface area (Å²) >= 11 is 0. The van der Waals surface area contributed by atoms with E-state index >= 15 is 0 Å². The summed E-state index contributed by atoms with van der Waals surface area (Å²) in [5, 5.41) is 11.5. The van der Waals surface area contributed by atoms with Crippen LogP contribution in [-0.4, -0.2) is 37.3 Å². The van der Waals surface area contributed by atoms with Crippen LogP contribution >= 0.6 is 0 Å². The van der Waals surface area contributed by atoms with Crippen LogP contribution in [0.5, 0.6) is 0 Å². The van der Waals surface area contributed by atoms with Gasteiger partial charge in [-0.25, -0.2) is 14.4 Å². The Kier molecular flexibility index (Phi) is 5.42. The number of carbonyl (C=O) groups is 1. The van der Waals surface area contributed by atoms with Gasteiger partial charge in [-0.3, -0.25) is 14.7 Å². The number of hydrogen-bond acceptors (Lipinski definition) is 4. The van der Waals surface area contributed by atoms with Gasteiger partial charge < -0.3 is 5.11 Å². The number of nitrogens with zero attached hydrogens (tertiary/aromatic N) is 3. The Morgan fingerprint density at radius 2 is 1.65 bits per heavy atom. The average molecular weight is 450 g/mol. The van der Waals surface area contributed by atoms with Crippen molar-refractivity contribution in [2.24, 2.45) is 0 Å². The third-order valence-electron chi connectivity index (χ3n) is 4.25. The predicted octanol–water partition coefficient (Wildman–Crippen LogP) is 4.22. The number of hydrogen-bond donors (Lipinski definition) is 2. The van der Waals surface area contributed by atoms with Gasteiger partial charge in [-0.2, -0.15) is 26.3 Å². The average Bonchev–Trinajstić information content (AvgIpc) is 2.97. The van der Waals surface area contributed by atoms with Crippen LogP contribution in [0.3, 0.4) is 0 Å². The number of carbonyl (C=O) groups excluding carboxylic acids is 1. The van der Waals surface area contributed by atoms with Crippen LogP contribution < -0.4 is 5.32 Å². The summed E-state index contributed by atoms with van der Waals surface area (Å²) in [5.74, 6) is -2.43. The summed E-state index contributed by atoms with van der Waals surface area (Å²) in [7, 11) is 0. The number of aliphatic hydroxyl groups is 1. The Bertz CT molecular complexity index is 1120. The number of benzene rings is 1. The van der Waals surface area contributed by atoms with Crippen molar-refractivity contribution in [1.82, 2.24) is 14.5 Å². The maximum absolute atomic E-state index is 13.3. The molecule has 0 aliphatic heterocycles. The SMILES string of the molecule is C[C@](O)(CC(=O)Nc1nc2ccc(C(F)(F)F)nc2n1-c1ccc(F)cc1)C(F)(F)F. The van der Waals surface area contributed by atoms with E-state index in [1.54, 1.807) is 0 Å². The first-order valence-corrected chi connectivity index (χ1v) is 8.51. The van der Waals surface area contributed by atoms with Crippen molar-refractivity contribution < 1.29 is 40.6 Å². The molecule has 13 heteroatoms. The minimum absolute atomic E-state index is 0.0357. The van der Waals surface area contributed by atoms with Gasteiger partial charge in [0.1, 0.15) is 17.0 Å². The first-order chi connectivity index (χ1) is 14.2. The molecule has 31 heavy (non-hydrogen) atoms. The molecule has 6 nitrogen and oxygen atoms in total. The molecular weight excluding hydrogens is 437 g/mol. The Balaban J connectivity index is 2.09. The molecule has 0 aliphatic carbocycles. The highest BCUT2D eigenvalue weighted by Gasteiger charge is 2.51. The Labute approximate surface area is 169 Å². The second-order valence-electron chi connectivity index (χ2n) is 6.78. The number of alkyl halides is 6. The number of rotatable bonds is 4. The summed E-state index contributed by atoms with van der Waals surface area (Å²) in [5.41, 5.74) is -5.09. The summed E-state index contributed by atoms with van der Waals surface area (Å²) in [6.45, 7) is 0.396. The smallest absolute Gasteiger partial charge is 0.380 e. The number of fused-ring (bicyclic) bond motifs is 1. The Morgan fingerprint density at radius 3 is 2.19 bits per heavy atom. The molecule has 166 valence electrons. The maximum atomic E-state index is 13.3. The van der Waals surface area contributed by atoms with E-state index < -0.39 is 47.7 Å². The number of amides is 1. The number of halogens is 7. The molecule has 3 rings (SSSR count). The Morgan fingerprint density at radius 1 is 1.03 bits per heavy atom. The molecule has 2 N–H and O–H groups in total. The topological polar surface area (TPSA) is 80.0 Å². The van der Waals surface area contributed by atoms with E-state index in [0.717, 1.165) is 34.9 Å². The minimum Gasteiger partial charge on any atom is -0.380 e. The van der Waals surface area contributed by atoms with Crippen molar-refractivity contribution >= 4 is 23.0 Å². The van der Waals surface area contributed by atoms with Gasteiger partial charge in [0.05, 0.1) is 12.1 Å². The number of nitrogens with one attached hydrogen (secondary N) is 1. The molecule has 0 radical (unpaired) electrons. The fourth-order valence-electron chi connectivity index (χ4n) is 2.62. The standard InChI is InChI=1S/C18H13F7N4O2/c1-16(31,18(23,24)25)8-13(30)28-15-26-11-6-7-12(17(20,21)22)27-14(11)29(15)10-4-2-9(19)3-5-10/h2-7,31H,8H2,1H3,(H,26,28,30)/t16-/m0/s1. The summed E-state index contributed by atoms with van der Waals surface area (Å²) in [6.07, 6.45) is -11.3. The molecule has 1 amide bonds. The fourth-order valence-corrected chi connectivity index (χ4v) is 2.62. The molecule has 3 aromatic rings. The predicted molar refractivity (Wildman–Crippen MR) is 93.8 cm³/mol. The van der Waals surface area contributed by atoms with Crippen LogP contribution in [0.15, 0.2) is 36.4 Å². The highest BCUT2D eigenvalue weighted by molar-refractivity contribution is 5.92. The van der Waals surface area contributed by atoms with E-state index in [-0.39, 0.29) is 16.9 Å². The highest BCUT2D eigenvalue weighted by Crippen LogP contribution is 2.34. The van der Waals surface area contributed by atoms with Crippen LogP contribution in [0, 0.1) is 5.82 Å². The zero-order valence-corrected chi connectivity index (χ0v) is 15.5. The third-order valence-corrected chi connectivity index (χ3v) is 4.25. The molecule has 0 fully saturated rings. The third kappa shape index (κ3) is 4.60. The van der Waals surface area contributed by atoms with Crippen LogP contribution in [-0.2, 0) is 11.0 Å². The molecule has 2 heterocycles. The van der Waals surface area contributed by atoms with Crippen molar-refractivity contribution in [3.63, 3.8) is 0 Å². The van der Waals surface area contributed by atoms with E-state index in [9.17, 15) is 40.6 Å². The second kappa shape index (κ2) is 7.48. The molecule has 0 saturated heterocycles. The zero-order valence-electron chi connectivity index (χ0n) is 15.5. The molecule has 2 aromatic heterocycles. The lowest BCUT2D eigenvalue weighted by atomic mass is 10.0. The second-order valence-corrected chi connectivity index (χ2v) is 6.78. The van der Waals surface area contributed by atoms with Gasteiger partial charge in [0.15, 0.2) is 11.2 Å². The summed E-state index contributed by atoms with van der Waals surface area (Å²) in [4.78, 5) is 19.5. The van der Waals surface area contributed by atoms with Gasteiger partial charge in [0.25, 0.3) is 0 Å². The largest absolute Gasteiger partial charge is 0.433 e. The molecule has 1 atom stereocenters. The van der Waals surface area contributed by atoms with E-state index in [1.165, 1.54) is 0 Å². The van der Waals surface area contributed by atoms with E-state index in [2.05, 4.69) is 9.97 Å². The van der Waals surface area contributed by atoms with Crippen LogP contribution in [0.1, 0.15) is 19.0 Å². The van der Waals surface area contributed by atoms with Crippen LogP contribution in [0.2, 0.25) is 0 Å². The molecule has 0 aliphatic rings. The molecule has 0 saturated carbocycles. The van der Waals surface area contributed by atoms with Crippen molar-refractivity contribution in [2.45, 2.75) is 31.3 Å². The molecule has 0 spiro atoms. The van der Waals surface area contributed by atoms with Crippen molar-refractivity contribution in [3.05, 3.63) is 47.9 Å². The van der Waals surface area contributed by atoms with Gasteiger partial charge in [0.2, 0.25) is 11.9 Å². The summed E-state index contributed by atoms with van der Waals surface area (Å²) < 4.78 is 91.9. The fraction of sp³-hybridized carbons (Fsp3) is 0.278. The normalized spacial score (nSPS) is 14.5. The molecular formula is C18H13F7N4O2. The Hall–Kier alpha value is -3.22. The number of aromatic nitrogens is 3. The lowest BCUT2D eigenvalue weighted by Crippen LogP contribution is -2.45. The maximum Gasteiger partial charge on any atom is 0.433 e. The van der Waals surface area contributed by atoms with Crippen molar-refractivity contribution in [3.8, 4) is 5.69 Å². The van der Waals surface area contributed by atoms with Gasteiger partial charge >= 0.3 is 12.4 Å². The van der Waals surface area contributed by atoms with E-state index in [1.807, 2.05) is 5.32 Å². The molecule has 0 unspecified atom stereocenters. The number of imidazole rings is 1. The van der Waals surface area contributed by atoms with Crippen molar-refractivity contribution in [1.29, 1.82) is 0 Å². The molecule has 1 aromatic carbocycles. The van der Waals surface area contributed by atoms with E-state index in [0.29, 0.717) is 13.0 Å². The van der Waals surface area contributed by atoms with Gasteiger partial charge in [-0.05, 0) is 43.3 Å². The first-order valence-electron chi connectivity index (χ1n) is 8.51. The number of anilines is 1. The quantitative estimate of drug-likeness (QED) is 0.584. The first kappa shape index (κ1) is 22.5. The van der Waals surface area contributed by atoms with Gasteiger partial charge in [0, 0.05) is 0 Å². The van der Waals surface area contributed by atoms with Crippen LogP contribution in [0.4, 0.5) is 36.7 Å². The van der Waals surface area contributed by atoms with Crippen molar-refractivity contribution in [2.75, 3.05) is 5.32 Å². The van der Waals surface area contributed by atoms with Gasteiger partial charge in [-0.15, -0.1) is 0 Å². The van der Waals surface area contributed by atoms with E-state index in [4.69, 9.17) is 0 Å². The highest BCUT2D eigenvalue weighted by atomic mass is 19.4. The number of pyridine rings is 1. The monoisotopic (exact) mass is 450 g/mol.